The molecule has 0 atom stereocenters. The smallest absolute Gasteiger partial charge is 0.433 e. The topological polar surface area (TPSA) is 59.5 Å². The van der Waals surface area contributed by atoms with Gasteiger partial charge in [0.05, 0.1) is 13.2 Å². The van der Waals surface area contributed by atoms with Crippen LogP contribution in [0.4, 0.5) is 24.9 Å². The molecular formula is C17H19F3N4O2. The van der Waals surface area contributed by atoms with Gasteiger partial charge in [-0.25, -0.2) is 4.98 Å². The summed E-state index contributed by atoms with van der Waals surface area (Å²) in [6, 6.07) is 6.34. The molecule has 0 unspecified atom stereocenters. The molecule has 0 saturated carbocycles. The fraction of sp³-hybridized carbons (Fsp3) is 0.412. The minimum atomic E-state index is -4.55. The molecule has 1 aliphatic heterocycles. The van der Waals surface area contributed by atoms with Gasteiger partial charge in [-0.1, -0.05) is 12.1 Å². The van der Waals surface area contributed by atoms with Crippen LogP contribution in [-0.2, 0) is 12.7 Å². The predicted molar refractivity (Wildman–Crippen MR) is 90.7 cm³/mol. The van der Waals surface area contributed by atoms with Crippen LogP contribution in [0, 0.1) is 0 Å². The molecule has 1 aliphatic rings. The maximum Gasteiger partial charge on any atom is 0.433 e. The van der Waals surface area contributed by atoms with Crippen molar-refractivity contribution in [2.45, 2.75) is 19.1 Å². The molecule has 0 aliphatic carbocycles. The Balaban J connectivity index is 1.85. The number of nitrogens with one attached hydrogen (secondary N) is 1. The lowest BCUT2D eigenvalue weighted by atomic mass is 10.2. The highest BCUT2D eigenvalue weighted by atomic mass is 19.4. The van der Waals surface area contributed by atoms with Crippen molar-refractivity contribution in [1.82, 2.24) is 9.97 Å². The van der Waals surface area contributed by atoms with Crippen LogP contribution >= 0.6 is 0 Å². The number of nitrogens with zero attached hydrogens (tertiary/aromatic N) is 3. The summed E-state index contributed by atoms with van der Waals surface area (Å²) in [5.41, 5.74) is -0.234. The number of hydrogen-bond acceptors (Lipinski definition) is 6. The molecule has 1 aromatic heterocycles. The number of anilines is 2. The lowest BCUT2D eigenvalue weighted by Crippen LogP contribution is -2.17. The highest BCUT2D eigenvalue weighted by Crippen LogP contribution is 2.34. The second-order valence-corrected chi connectivity index (χ2v) is 5.98. The molecule has 2 heterocycles. The average Bonchev–Trinajstić information content (AvgIpc) is 2.84. The zero-order valence-corrected chi connectivity index (χ0v) is 14.4. The second kappa shape index (κ2) is 7.27. The Hall–Kier alpha value is -2.71. The van der Waals surface area contributed by atoms with E-state index in [2.05, 4.69) is 15.3 Å². The third kappa shape index (κ3) is 4.09. The zero-order valence-electron chi connectivity index (χ0n) is 14.4. The number of alkyl halides is 3. The van der Waals surface area contributed by atoms with Gasteiger partial charge in [0.1, 0.15) is 5.82 Å². The standard InChI is InChI=1S/C17H19F3N4O2/c1-24(2)14-9-13(17(18,19)20)22-16(23-14)21-10-11-5-3-6-12-15(11)26-8-4-7-25-12/h3,5-6,9H,4,7-8,10H2,1-2H3,(H,21,22,23). The molecule has 1 N–H and O–H groups in total. The van der Waals surface area contributed by atoms with Gasteiger partial charge in [0.2, 0.25) is 5.95 Å². The van der Waals surface area contributed by atoms with E-state index in [0.717, 1.165) is 18.1 Å². The number of ether oxygens (including phenoxy) is 2. The number of fused-ring (bicyclic) bond motifs is 1. The van der Waals surface area contributed by atoms with Gasteiger partial charge in [-0.2, -0.15) is 18.2 Å². The quantitative estimate of drug-likeness (QED) is 0.893. The Morgan fingerprint density at radius 1 is 1.15 bits per heavy atom. The molecule has 0 bridgehead atoms. The monoisotopic (exact) mass is 368 g/mol. The summed E-state index contributed by atoms with van der Waals surface area (Å²) in [7, 11) is 3.24. The molecule has 3 rings (SSSR count). The van der Waals surface area contributed by atoms with Crippen molar-refractivity contribution in [3.63, 3.8) is 0 Å². The van der Waals surface area contributed by atoms with Crippen molar-refractivity contribution >= 4 is 11.8 Å². The first-order valence-electron chi connectivity index (χ1n) is 8.09. The Kier molecular flexibility index (Phi) is 5.06. The van der Waals surface area contributed by atoms with Crippen LogP contribution in [0.1, 0.15) is 17.7 Å². The van der Waals surface area contributed by atoms with Crippen LogP contribution in [0.25, 0.3) is 0 Å². The van der Waals surface area contributed by atoms with Gasteiger partial charge in [-0.3, -0.25) is 0 Å². The molecule has 0 saturated heterocycles. The maximum absolute atomic E-state index is 13.1. The Morgan fingerprint density at radius 3 is 2.65 bits per heavy atom. The highest BCUT2D eigenvalue weighted by molar-refractivity contribution is 5.49. The fourth-order valence-corrected chi connectivity index (χ4v) is 2.46. The highest BCUT2D eigenvalue weighted by Gasteiger charge is 2.34. The lowest BCUT2D eigenvalue weighted by Gasteiger charge is -2.17. The van der Waals surface area contributed by atoms with E-state index in [-0.39, 0.29) is 18.3 Å². The van der Waals surface area contributed by atoms with E-state index >= 15 is 0 Å². The molecule has 6 nitrogen and oxygen atoms in total. The van der Waals surface area contributed by atoms with E-state index in [9.17, 15) is 13.2 Å². The zero-order chi connectivity index (χ0) is 18.7. The normalized spacial score (nSPS) is 13.9. The Bertz CT molecular complexity index is 781. The van der Waals surface area contributed by atoms with Crippen molar-refractivity contribution in [1.29, 1.82) is 0 Å². The van der Waals surface area contributed by atoms with Crippen molar-refractivity contribution in [3.8, 4) is 11.5 Å². The molecule has 0 amide bonds. The van der Waals surface area contributed by atoms with Gasteiger partial charge in [-0.05, 0) is 6.07 Å². The average molecular weight is 368 g/mol. The number of halogens is 3. The van der Waals surface area contributed by atoms with Crippen molar-refractivity contribution in [3.05, 3.63) is 35.5 Å². The number of aromatic nitrogens is 2. The molecule has 0 spiro atoms. The number of benzene rings is 1. The summed E-state index contributed by atoms with van der Waals surface area (Å²) in [4.78, 5) is 9.20. The lowest BCUT2D eigenvalue weighted by molar-refractivity contribution is -0.141. The first-order valence-corrected chi connectivity index (χ1v) is 8.09. The minimum Gasteiger partial charge on any atom is -0.490 e. The van der Waals surface area contributed by atoms with Gasteiger partial charge >= 0.3 is 6.18 Å². The van der Waals surface area contributed by atoms with Crippen LogP contribution < -0.4 is 19.7 Å². The number of para-hydroxylation sites is 1. The molecule has 9 heteroatoms. The van der Waals surface area contributed by atoms with E-state index in [1.165, 1.54) is 4.90 Å². The maximum atomic E-state index is 13.1. The molecule has 0 radical (unpaired) electrons. The largest absolute Gasteiger partial charge is 0.490 e. The van der Waals surface area contributed by atoms with Crippen LogP contribution in [-0.4, -0.2) is 37.3 Å². The van der Waals surface area contributed by atoms with Crippen molar-refractivity contribution < 1.29 is 22.6 Å². The predicted octanol–water partition coefficient (Wildman–Crippen LogP) is 3.33. The van der Waals surface area contributed by atoms with Crippen LogP contribution in [0.2, 0.25) is 0 Å². The second-order valence-electron chi connectivity index (χ2n) is 5.98. The van der Waals surface area contributed by atoms with E-state index in [1.807, 2.05) is 12.1 Å². The molecule has 0 fully saturated rings. The minimum absolute atomic E-state index is 0.101. The molecule has 26 heavy (non-hydrogen) atoms. The summed E-state index contributed by atoms with van der Waals surface area (Å²) in [5.74, 6) is 1.29. The molecule has 2 aromatic rings. The van der Waals surface area contributed by atoms with Gasteiger partial charge in [0.15, 0.2) is 17.2 Å². The number of rotatable bonds is 4. The summed E-state index contributed by atoms with van der Waals surface area (Å²) >= 11 is 0. The summed E-state index contributed by atoms with van der Waals surface area (Å²) in [6.45, 7) is 1.29. The van der Waals surface area contributed by atoms with E-state index in [0.29, 0.717) is 24.7 Å². The van der Waals surface area contributed by atoms with Crippen LogP contribution in [0.15, 0.2) is 24.3 Å². The van der Waals surface area contributed by atoms with E-state index in [4.69, 9.17) is 9.47 Å². The Morgan fingerprint density at radius 2 is 1.92 bits per heavy atom. The molecular weight excluding hydrogens is 349 g/mol. The van der Waals surface area contributed by atoms with Crippen molar-refractivity contribution in [2.24, 2.45) is 0 Å². The van der Waals surface area contributed by atoms with Crippen LogP contribution in [0.5, 0.6) is 11.5 Å². The number of hydrogen-bond donors (Lipinski definition) is 1. The van der Waals surface area contributed by atoms with Gasteiger partial charge in [0.25, 0.3) is 0 Å². The molecule has 1 aromatic carbocycles. The third-order valence-corrected chi connectivity index (χ3v) is 3.75. The first kappa shape index (κ1) is 18.1. The van der Waals surface area contributed by atoms with Gasteiger partial charge in [0, 0.05) is 38.7 Å². The Labute approximate surface area is 149 Å². The SMILES string of the molecule is CN(C)c1cc(C(F)(F)F)nc(NCc2cccc3c2OCCCO3)n1. The van der Waals surface area contributed by atoms with E-state index in [1.54, 1.807) is 20.2 Å². The summed E-state index contributed by atoms with van der Waals surface area (Å²) in [6.07, 6.45) is -3.78. The van der Waals surface area contributed by atoms with E-state index < -0.39 is 11.9 Å². The summed E-state index contributed by atoms with van der Waals surface area (Å²) < 4.78 is 50.5. The van der Waals surface area contributed by atoms with Gasteiger partial charge < -0.3 is 19.7 Å². The van der Waals surface area contributed by atoms with Crippen LogP contribution in [0.3, 0.4) is 0 Å². The fourth-order valence-electron chi connectivity index (χ4n) is 2.46. The van der Waals surface area contributed by atoms with Crippen molar-refractivity contribution in [2.75, 3.05) is 37.5 Å². The first-order chi connectivity index (χ1) is 12.3. The van der Waals surface area contributed by atoms with Gasteiger partial charge in [-0.15, -0.1) is 0 Å². The third-order valence-electron chi connectivity index (χ3n) is 3.75. The summed E-state index contributed by atoms with van der Waals surface area (Å²) in [5, 5.41) is 2.85. The molecule has 140 valence electrons.